The fourth-order valence-corrected chi connectivity index (χ4v) is 3.63. The molecule has 0 aliphatic rings. The molecule has 27 heavy (non-hydrogen) atoms. The predicted molar refractivity (Wildman–Crippen MR) is 111 cm³/mol. The predicted octanol–water partition coefficient (Wildman–Crippen LogP) is 6.30. The van der Waals surface area contributed by atoms with Gasteiger partial charge in [-0.3, -0.25) is 4.79 Å². The Labute approximate surface area is 170 Å². The van der Waals surface area contributed by atoms with Gasteiger partial charge in [-0.1, -0.05) is 35.3 Å². The first kappa shape index (κ1) is 19.1. The number of carbonyl (C=O) groups excluding carboxylic acids is 1. The highest BCUT2D eigenvalue weighted by Crippen LogP contribution is 2.32. The zero-order valence-electron chi connectivity index (χ0n) is 14.2. The van der Waals surface area contributed by atoms with Crippen molar-refractivity contribution in [1.82, 2.24) is 4.98 Å². The minimum absolute atomic E-state index is 0.0208. The van der Waals surface area contributed by atoms with Gasteiger partial charge in [0.05, 0.1) is 10.7 Å². The molecule has 134 valence electrons. The van der Waals surface area contributed by atoms with E-state index in [2.05, 4.69) is 16.4 Å². The molecule has 0 aliphatic carbocycles. The van der Waals surface area contributed by atoms with Crippen molar-refractivity contribution < 1.29 is 4.79 Å². The molecule has 0 bridgehead atoms. The molecule has 3 rings (SSSR count). The fraction of sp³-hybridized carbons (Fsp3) is 0.0500. The average molecular weight is 414 g/mol. The summed E-state index contributed by atoms with van der Waals surface area (Å²) in [5.74, 6) is -0.0208. The summed E-state index contributed by atoms with van der Waals surface area (Å²) in [5.41, 5.74) is 3.12. The molecule has 0 aliphatic heterocycles. The summed E-state index contributed by atoms with van der Waals surface area (Å²) in [6.07, 6.45) is 1.57. The van der Waals surface area contributed by atoms with Crippen LogP contribution in [0.1, 0.15) is 22.3 Å². The Balaban J connectivity index is 1.85. The van der Waals surface area contributed by atoms with E-state index in [0.29, 0.717) is 37.6 Å². The van der Waals surface area contributed by atoms with Gasteiger partial charge in [-0.2, -0.15) is 5.26 Å². The van der Waals surface area contributed by atoms with Gasteiger partial charge in [0.15, 0.2) is 5.78 Å². The molecular weight excluding hydrogens is 401 g/mol. The molecule has 1 heterocycles. The highest BCUT2D eigenvalue weighted by atomic mass is 35.5. The molecule has 0 fully saturated rings. The molecule has 1 aromatic heterocycles. The minimum atomic E-state index is -0.0208. The lowest BCUT2D eigenvalue weighted by molar-refractivity contribution is 0.101. The van der Waals surface area contributed by atoms with Crippen molar-refractivity contribution in [3.63, 3.8) is 0 Å². The molecule has 2 aromatic carbocycles. The summed E-state index contributed by atoms with van der Waals surface area (Å²) < 4.78 is 0. The van der Waals surface area contributed by atoms with Gasteiger partial charge in [0.25, 0.3) is 0 Å². The summed E-state index contributed by atoms with van der Waals surface area (Å²) in [5, 5.41) is 16.0. The van der Waals surface area contributed by atoms with E-state index < -0.39 is 0 Å². The topological polar surface area (TPSA) is 65.8 Å². The first-order valence-electron chi connectivity index (χ1n) is 7.87. The van der Waals surface area contributed by atoms with E-state index in [1.165, 1.54) is 18.3 Å². The van der Waals surface area contributed by atoms with E-state index in [1.807, 2.05) is 11.4 Å². The third-order valence-electron chi connectivity index (χ3n) is 3.71. The highest BCUT2D eigenvalue weighted by Gasteiger charge is 2.12. The van der Waals surface area contributed by atoms with Crippen LogP contribution in [0, 0.1) is 11.3 Å². The van der Waals surface area contributed by atoms with Crippen molar-refractivity contribution in [3.8, 4) is 17.3 Å². The molecule has 0 atom stereocenters. The number of aromatic nitrogens is 1. The number of benzene rings is 2. The molecule has 3 aromatic rings. The van der Waals surface area contributed by atoms with Crippen LogP contribution in [0.4, 0.5) is 5.69 Å². The van der Waals surface area contributed by atoms with Gasteiger partial charge in [-0.05, 0) is 37.3 Å². The van der Waals surface area contributed by atoms with Crippen LogP contribution in [0.25, 0.3) is 16.8 Å². The van der Waals surface area contributed by atoms with Crippen molar-refractivity contribution in [2.24, 2.45) is 0 Å². The molecule has 7 heteroatoms. The Bertz CT molecular complexity index is 1080. The maximum Gasteiger partial charge on any atom is 0.159 e. The van der Waals surface area contributed by atoms with Crippen molar-refractivity contribution in [1.29, 1.82) is 5.26 Å². The normalized spacial score (nSPS) is 11.1. The first-order chi connectivity index (χ1) is 13.0. The lowest BCUT2D eigenvalue weighted by Crippen LogP contribution is -1.95. The van der Waals surface area contributed by atoms with Crippen molar-refractivity contribution in [2.45, 2.75) is 6.92 Å². The second kappa shape index (κ2) is 8.36. The summed E-state index contributed by atoms with van der Waals surface area (Å²) in [6.45, 7) is 1.51. The number of nitrogens with zero attached hydrogens (tertiary/aromatic N) is 2. The summed E-state index contributed by atoms with van der Waals surface area (Å²) >= 11 is 13.5. The third kappa shape index (κ3) is 4.55. The Morgan fingerprint density at radius 2 is 2.07 bits per heavy atom. The van der Waals surface area contributed by atoms with Crippen molar-refractivity contribution in [2.75, 3.05) is 5.32 Å². The largest absolute Gasteiger partial charge is 0.360 e. The molecule has 0 spiro atoms. The fourth-order valence-electron chi connectivity index (χ4n) is 2.34. The standard InChI is InChI=1S/C20H13Cl2N3OS/c1-12(26)13-3-2-4-16(7-13)24-10-14(9-23)20-25-19(11-27-20)17-6-5-15(21)8-18(17)22/h2-8,10-11,24H,1H3/b14-10+. The number of thiazole rings is 1. The number of allylic oxidation sites excluding steroid dienone is 1. The van der Waals surface area contributed by atoms with E-state index in [1.54, 1.807) is 42.6 Å². The SMILES string of the molecule is CC(=O)c1cccc(N/C=C(\C#N)c2nc(-c3ccc(Cl)cc3Cl)cs2)c1. The highest BCUT2D eigenvalue weighted by molar-refractivity contribution is 7.11. The van der Waals surface area contributed by atoms with Gasteiger partial charge in [0, 0.05) is 33.4 Å². The maximum atomic E-state index is 11.5. The molecule has 0 radical (unpaired) electrons. The van der Waals surface area contributed by atoms with Crippen LogP contribution in [0.5, 0.6) is 0 Å². The monoisotopic (exact) mass is 413 g/mol. The number of hydrogen-bond donors (Lipinski definition) is 1. The number of anilines is 1. The molecule has 4 nitrogen and oxygen atoms in total. The van der Waals surface area contributed by atoms with Crippen LogP contribution in [0.15, 0.2) is 54.0 Å². The number of rotatable bonds is 5. The van der Waals surface area contributed by atoms with E-state index >= 15 is 0 Å². The molecule has 0 saturated carbocycles. The lowest BCUT2D eigenvalue weighted by Gasteiger charge is -2.03. The van der Waals surface area contributed by atoms with Crippen LogP contribution in [0.2, 0.25) is 10.0 Å². The average Bonchev–Trinajstić information content (AvgIpc) is 3.12. The second-order valence-corrected chi connectivity index (χ2v) is 7.31. The molecular formula is C20H13Cl2N3OS. The number of nitriles is 1. The van der Waals surface area contributed by atoms with Crippen LogP contribution >= 0.6 is 34.5 Å². The number of ketones is 1. The number of Topliss-reactive ketones (excluding diaryl/α,β-unsaturated/α-hetero) is 1. The van der Waals surface area contributed by atoms with E-state index in [9.17, 15) is 10.1 Å². The number of carbonyl (C=O) groups is 1. The van der Waals surface area contributed by atoms with Crippen LogP contribution in [-0.4, -0.2) is 10.8 Å². The smallest absolute Gasteiger partial charge is 0.159 e. The maximum absolute atomic E-state index is 11.5. The lowest BCUT2D eigenvalue weighted by atomic mass is 10.1. The zero-order valence-corrected chi connectivity index (χ0v) is 16.5. The van der Waals surface area contributed by atoms with Gasteiger partial charge in [-0.25, -0.2) is 4.98 Å². The number of halogens is 2. The number of nitrogens with one attached hydrogen (secondary N) is 1. The Morgan fingerprint density at radius 3 is 2.78 bits per heavy atom. The van der Waals surface area contributed by atoms with Gasteiger partial charge < -0.3 is 5.32 Å². The van der Waals surface area contributed by atoms with Crippen LogP contribution in [-0.2, 0) is 0 Å². The zero-order chi connectivity index (χ0) is 19.4. The van der Waals surface area contributed by atoms with Crippen LogP contribution in [0.3, 0.4) is 0 Å². The molecule has 0 amide bonds. The quantitative estimate of drug-likeness (QED) is 0.393. The molecule has 0 unspecified atom stereocenters. The molecule has 0 saturated heterocycles. The second-order valence-electron chi connectivity index (χ2n) is 5.61. The first-order valence-corrected chi connectivity index (χ1v) is 9.50. The van der Waals surface area contributed by atoms with Crippen LogP contribution < -0.4 is 5.32 Å². The van der Waals surface area contributed by atoms with Crippen molar-refractivity contribution >= 4 is 51.6 Å². The Kier molecular flexibility index (Phi) is 5.92. The van der Waals surface area contributed by atoms with E-state index in [4.69, 9.17) is 23.2 Å². The van der Waals surface area contributed by atoms with E-state index in [-0.39, 0.29) is 5.78 Å². The van der Waals surface area contributed by atoms with E-state index in [0.717, 1.165) is 5.56 Å². The summed E-state index contributed by atoms with van der Waals surface area (Å²) in [4.78, 5) is 16.0. The van der Waals surface area contributed by atoms with Gasteiger partial charge >= 0.3 is 0 Å². The minimum Gasteiger partial charge on any atom is -0.360 e. The molecule has 1 N–H and O–H groups in total. The Morgan fingerprint density at radius 1 is 1.26 bits per heavy atom. The third-order valence-corrected chi connectivity index (χ3v) is 5.14. The summed E-state index contributed by atoms with van der Waals surface area (Å²) in [6, 6.07) is 14.4. The Hall–Kier alpha value is -2.65. The van der Waals surface area contributed by atoms with Gasteiger partial charge in [0.1, 0.15) is 16.6 Å². The van der Waals surface area contributed by atoms with Gasteiger partial charge in [0.2, 0.25) is 0 Å². The van der Waals surface area contributed by atoms with Gasteiger partial charge in [-0.15, -0.1) is 11.3 Å². The number of hydrogen-bond acceptors (Lipinski definition) is 5. The summed E-state index contributed by atoms with van der Waals surface area (Å²) in [7, 11) is 0. The van der Waals surface area contributed by atoms with Crippen molar-refractivity contribution in [3.05, 3.63) is 74.7 Å².